The first-order valence-electron chi connectivity index (χ1n) is 4.65. The Bertz CT molecular complexity index is 432. The number of alkyl halides is 3. The molecule has 0 saturated heterocycles. The van der Waals surface area contributed by atoms with Crippen molar-refractivity contribution in [1.29, 1.82) is 0 Å². The van der Waals surface area contributed by atoms with Crippen LogP contribution >= 0.6 is 28.1 Å². The maximum Gasteiger partial charge on any atom is 0.401 e. The summed E-state index contributed by atoms with van der Waals surface area (Å²) >= 11 is 7.32. The summed E-state index contributed by atoms with van der Waals surface area (Å²) in [6.07, 6.45) is -4.59. The van der Waals surface area contributed by atoms with Crippen LogP contribution < -0.4 is 10.5 Å². The quantitative estimate of drug-likeness (QED) is 0.670. The Balaban J connectivity index is 2.76. The lowest BCUT2D eigenvalue weighted by Gasteiger charge is -2.19. The molecule has 0 saturated carbocycles. The van der Waals surface area contributed by atoms with Crippen molar-refractivity contribution >= 4 is 33.1 Å². The summed E-state index contributed by atoms with van der Waals surface area (Å²) in [6.45, 7) is -0.783. The lowest BCUT2D eigenvalue weighted by atomic mass is 10.1. The molecule has 1 unspecified atom stereocenters. The van der Waals surface area contributed by atoms with Gasteiger partial charge >= 0.3 is 6.18 Å². The molecule has 0 aliphatic heterocycles. The Hall–Kier alpha value is -0.890. The van der Waals surface area contributed by atoms with Crippen LogP contribution in [0.25, 0.3) is 0 Å². The second-order valence-corrected chi connectivity index (χ2v) is 4.80. The maximum absolute atomic E-state index is 13.0. The van der Waals surface area contributed by atoms with Crippen molar-refractivity contribution < 1.29 is 22.3 Å². The van der Waals surface area contributed by atoms with Crippen LogP contribution in [0.3, 0.4) is 0 Å². The van der Waals surface area contributed by atoms with Gasteiger partial charge in [-0.15, -0.1) is 0 Å². The molecular weight excluding hydrogens is 338 g/mol. The number of thiocarbonyl (C=S) groups is 1. The third-order valence-corrected chi connectivity index (χ3v) is 2.73. The Morgan fingerprint density at radius 3 is 2.44 bits per heavy atom. The third-order valence-electron chi connectivity index (χ3n) is 1.99. The van der Waals surface area contributed by atoms with E-state index in [0.717, 1.165) is 12.1 Å². The van der Waals surface area contributed by atoms with Crippen molar-refractivity contribution in [3.8, 4) is 5.75 Å². The van der Waals surface area contributed by atoms with E-state index in [9.17, 15) is 17.6 Å². The summed E-state index contributed by atoms with van der Waals surface area (Å²) in [5.41, 5.74) is 4.99. The van der Waals surface area contributed by atoms with Gasteiger partial charge in [-0.3, -0.25) is 0 Å². The lowest BCUT2D eigenvalue weighted by molar-refractivity contribution is -0.161. The molecule has 0 bridgehead atoms. The van der Waals surface area contributed by atoms with Gasteiger partial charge in [-0.25, -0.2) is 4.39 Å². The predicted molar refractivity (Wildman–Crippen MR) is 65.9 cm³/mol. The number of nitrogens with two attached hydrogens (primary N) is 1. The summed E-state index contributed by atoms with van der Waals surface area (Å²) in [7, 11) is 0. The molecule has 0 heterocycles. The van der Waals surface area contributed by atoms with Crippen molar-refractivity contribution in [2.75, 3.05) is 6.61 Å². The van der Waals surface area contributed by atoms with E-state index in [0.29, 0.717) is 4.47 Å². The summed E-state index contributed by atoms with van der Waals surface area (Å²) in [6, 6.07) is 3.47. The maximum atomic E-state index is 13.0. The van der Waals surface area contributed by atoms with E-state index in [2.05, 4.69) is 28.1 Å². The van der Waals surface area contributed by atoms with Crippen molar-refractivity contribution in [2.45, 2.75) is 6.18 Å². The topological polar surface area (TPSA) is 35.2 Å². The van der Waals surface area contributed by atoms with Crippen LogP contribution in [0.5, 0.6) is 5.75 Å². The predicted octanol–water partition coefficient (Wildman–Crippen LogP) is 3.43. The van der Waals surface area contributed by atoms with Crippen LogP contribution in [0.15, 0.2) is 22.7 Å². The van der Waals surface area contributed by atoms with E-state index in [1.54, 1.807) is 0 Å². The van der Waals surface area contributed by atoms with Crippen molar-refractivity contribution in [1.82, 2.24) is 0 Å². The minimum atomic E-state index is -4.59. The van der Waals surface area contributed by atoms with Crippen molar-refractivity contribution in [2.24, 2.45) is 11.7 Å². The molecule has 1 aromatic carbocycles. The largest absolute Gasteiger partial charge is 0.492 e. The normalized spacial score (nSPS) is 13.2. The number of hydrogen-bond donors (Lipinski definition) is 1. The van der Waals surface area contributed by atoms with Gasteiger partial charge in [-0.2, -0.15) is 13.2 Å². The molecule has 1 aromatic rings. The fourth-order valence-corrected chi connectivity index (χ4v) is 1.78. The molecule has 2 N–H and O–H groups in total. The second kappa shape index (κ2) is 5.83. The summed E-state index contributed by atoms with van der Waals surface area (Å²) in [4.78, 5) is -0.710. The van der Waals surface area contributed by atoms with Gasteiger partial charge in [0.05, 0.1) is 4.99 Å². The fraction of sp³-hybridized carbons (Fsp3) is 0.300. The molecule has 1 atom stereocenters. The SMILES string of the molecule is NC(=S)C(COc1cc(F)cc(Br)c1)C(F)(F)F. The van der Waals surface area contributed by atoms with Crippen LogP contribution in [-0.4, -0.2) is 17.8 Å². The molecule has 8 heteroatoms. The first-order chi connectivity index (χ1) is 8.20. The van der Waals surface area contributed by atoms with Gasteiger partial charge in [0.15, 0.2) is 0 Å². The average Bonchev–Trinajstić information content (AvgIpc) is 2.12. The number of benzene rings is 1. The van der Waals surface area contributed by atoms with Crippen molar-refractivity contribution in [3.05, 3.63) is 28.5 Å². The van der Waals surface area contributed by atoms with E-state index in [-0.39, 0.29) is 5.75 Å². The zero-order valence-corrected chi connectivity index (χ0v) is 11.2. The van der Waals surface area contributed by atoms with E-state index >= 15 is 0 Å². The molecule has 18 heavy (non-hydrogen) atoms. The Morgan fingerprint density at radius 2 is 2.00 bits per heavy atom. The highest BCUT2D eigenvalue weighted by Crippen LogP contribution is 2.28. The van der Waals surface area contributed by atoms with E-state index in [4.69, 9.17) is 10.5 Å². The molecule has 100 valence electrons. The minimum Gasteiger partial charge on any atom is -0.492 e. The van der Waals surface area contributed by atoms with E-state index in [1.165, 1.54) is 6.07 Å². The third kappa shape index (κ3) is 4.41. The number of rotatable bonds is 4. The van der Waals surface area contributed by atoms with Crippen LogP contribution in [0.4, 0.5) is 17.6 Å². The standard InChI is InChI=1S/C10H8BrF4NOS/c11-5-1-6(12)3-7(2-5)17-4-8(9(16)18)10(13,14)15/h1-3,8H,4H2,(H2,16,18). The highest BCUT2D eigenvalue weighted by atomic mass is 79.9. The zero-order chi connectivity index (χ0) is 13.9. The van der Waals surface area contributed by atoms with Gasteiger partial charge in [-0.05, 0) is 12.1 Å². The molecular formula is C10H8BrF4NOS. The Morgan fingerprint density at radius 1 is 1.39 bits per heavy atom. The molecule has 0 aliphatic rings. The van der Waals surface area contributed by atoms with Gasteiger partial charge < -0.3 is 10.5 Å². The zero-order valence-electron chi connectivity index (χ0n) is 8.80. The van der Waals surface area contributed by atoms with E-state index in [1.807, 2.05) is 0 Å². The van der Waals surface area contributed by atoms with Gasteiger partial charge in [0.25, 0.3) is 0 Å². The number of ether oxygens (including phenoxy) is 1. The minimum absolute atomic E-state index is 0.0348. The molecule has 0 radical (unpaired) electrons. The number of hydrogen-bond acceptors (Lipinski definition) is 2. The first-order valence-corrected chi connectivity index (χ1v) is 5.85. The smallest absolute Gasteiger partial charge is 0.401 e. The molecule has 2 nitrogen and oxygen atoms in total. The molecule has 0 spiro atoms. The molecule has 0 aromatic heterocycles. The second-order valence-electron chi connectivity index (χ2n) is 3.41. The van der Waals surface area contributed by atoms with Gasteiger partial charge in [0.1, 0.15) is 24.1 Å². The Kier molecular flexibility index (Phi) is 4.92. The van der Waals surface area contributed by atoms with E-state index < -0.39 is 29.5 Å². The van der Waals surface area contributed by atoms with Crippen LogP contribution in [0, 0.1) is 11.7 Å². The first kappa shape index (κ1) is 15.2. The molecule has 0 amide bonds. The van der Waals surface area contributed by atoms with Crippen LogP contribution in [0.2, 0.25) is 0 Å². The van der Waals surface area contributed by atoms with Crippen molar-refractivity contribution in [3.63, 3.8) is 0 Å². The molecule has 0 aliphatic carbocycles. The van der Waals surface area contributed by atoms with Gasteiger partial charge in [0.2, 0.25) is 0 Å². The summed E-state index contributed by atoms with van der Waals surface area (Å²) in [5.74, 6) is -2.72. The van der Waals surface area contributed by atoms with Crippen LogP contribution in [0.1, 0.15) is 0 Å². The molecule has 1 rings (SSSR count). The van der Waals surface area contributed by atoms with Gasteiger partial charge in [-0.1, -0.05) is 28.1 Å². The van der Waals surface area contributed by atoms with Gasteiger partial charge in [0, 0.05) is 10.5 Å². The molecule has 0 fully saturated rings. The monoisotopic (exact) mass is 345 g/mol. The number of halogens is 5. The van der Waals surface area contributed by atoms with Crippen LogP contribution in [-0.2, 0) is 0 Å². The highest BCUT2D eigenvalue weighted by Gasteiger charge is 2.42. The average molecular weight is 346 g/mol. The lowest BCUT2D eigenvalue weighted by Crippen LogP contribution is -2.38. The Labute approximate surface area is 114 Å². The summed E-state index contributed by atoms with van der Waals surface area (Å²) in [5, 5.41) is 0. The summed E-state index contributed by atoms with van der Waals surface area (Å²) < 4.78 is 55.7. The fourth-order valence-electron chi connectivity index (χ4n) is 1.13. The highest BCUT2D eigenvalue weighted by molar-refractivity contribution is 9.10.